The number of carboxylic acids is 1. The van der Waals surface area contributed by atoms with Gasteiger partial charge in [-0.2, -0.15) is 0 Å². The van der Waals surface area contributed by atoms with E-state index in [-0.39, 0.29) is 12.5 Å². The Balaban J connectivity index is 1.44. The van der Waals surface area contributed by atoms with Crippen LogP contribution in [0.5, 0.6) is 0 Å². The standard InChI is InChI=1S/C24H41NO4S/c1-24(2)19-16-21(24)20(12-8-3-4-9-13-23(26)27)22(17-19)25-30(28)29-15-14-18-10-6-5-7-11-18/h3,8,18-22,25H,4-7,9-17H2,1-2H3,(H,26,27)/t19-,20?,21+,22?,30?/m1/s1. The zero-order chi connectivity index (χ0) is 21.6. The quantitative estimate of drug-likeness (QED) is 0.316. The van der Waals surface area contributed by atoms with Gasteiger partial charge < -0.3 is 5.11 Å². The molecule has 0 radical (unpaired) electrons. The lowest BCUT2D eigenvalue weighted by molar-refractivity contribution is -0.137. The van der Waals surface area contributed by atoms with E-state index in [2.05, 4.69) is 30.7 Å². The van der Waals surface area contributed by atoms with Crippen LogP contribution in [0.15, 0.2) is 12.2 Å². The van der Waals surface area contributed by atoms with Gasteiger partial charge in [-0.25, -0.2) is 8.93 Å². The smallest absolute Gasteiger partial charge is 0.303 e. The van der Waals surface area contributed by atoms with Crippen LogP contribution in [0, 0.1) is 29.1 Å². The first-order valence-corrected chi connectivity index (χ1v) is 13.1. The molecule has 2 N–H and O–H groups in total. The van der Waals surface area contributed by atoms with Gasteiger partial charge in [0.15, 0.2) is 0 Å². The summed E-state index contributed by atoms with van der Waals surface area (Å²) in [4.78, 5) is 10.6. The normalized spacial score (nSPS) is 32.1. The third-order valence-corrected chi connectivity index (χ3v) is 9.02. The second kappa shape index (κ2) is 11.2. The Labute approximate surface area is 185 Å². The molecule has 5 nitrogen and oxygen atoms in total. The SMILES string of the molecule is CC1(C)[C@H]2CC(NS(=O)OCCC3CCCCC3)C(CC=CCCCC(=O)O)[C@@H]1C2. The van der Waals surface area contributed by atoms with Gasteiger partial charge in [0.1, 0.15) is 0 Å². The second-order valence-corrected chi connectivity index (χ2v) is 11.3. The predicted octanol–water partition coefficient (Wildman–Crippen LogP) is 5.39. The summed E-state index contributed by atoms with van der Waals surface area (Å²) in [7, 11) is 0. The van der Waals surface area contributed by atoms with Gasteiger partial charge in [-0.1, -0.05) is 58.1 Å². The Morgan fingerprint density at radius 2 is 1.97 bits per heavy atom. The molecule has 4 rings (SSSR count). The third-order valence-electron chi connectivity index (χ3n) is 8.14. The summed E-state index contributed by atoms with van der Waals surface area (Å²) < 4.78 is 21.5. The van der Waals surface area contributed by atoms with Crippen LogP contribution in [-0.4, -0.2) is 27.9 Å². The van der Waals surface area contributed by atoms with E-state index < -0.39 is 17.2 Å². The highest BCUT2D eigenvalue weighted by Gasteiger charge is 2.57. The molecule has 0 aromatic rings. The summed E-state index contributed by atoms with van der Waals surface area (Å²) in [6.45, 7) is 5.34. The molecule has 0 amide bonds. The summed E-state index contributed by atoms with van der Waals surface area (Å²) in [5.41, 5.74) is 0.364. The van der Waals surface area contributed by atoms with Crippen molar-refractivity contribution >= 4 is 17.2 Å². The zero-order valence-electron chi connectivity index (χ0n) is 18.8. The minimum atomic E-state index is -1.42. The van der Waals surface area contributed by atoms with Crippen molar-refractivity contribution in [3.05, 3.63) is 12.2 Å². The molecule has 0 heterocycles. The topological polar surface area (TPSA) is 75.6 Å². The minimum absolute atomic E-state index is 0.229. The van der Waals surface area contributed by atoms with Gasteiger partial charge in [-0.3, -0.25) is 8.98 Å². The molecule has 2 bridgehead atoms. The minimum Gasteiger partial charge on any atom is -0.481 e. The van der Waals surface area contributed by atoms with Gasteiger partial charge >= 0.3 is 5.97 Å². The molecule has 3 unspecified atom stereocenters. The first kappa shape index (κ1) is 23.9. The monoisotopic (exact) mass is 439 g/mol. The number of aliphatic carboxylic acids is 1. The first-order valence-electron chi connectivity index (χ1n) is 12.1. The molecular formula is C24H41NO4S. The van der Waals surface area contributed by atoms with Gasteiger partial charge in [-0.05, 0) is 67.6 Å². The maximum absolute atomic E-state index is 12.6. The van der Waals surface area contributed by atoms with Crippen molar-refractivity contribution in [2.24, 2.45) is 29.1 Å². The van der Waals surface area contributed by atoms with Crippen molar-refractivity contribution in [1.82, 2.24) is 4.72 Å². The van der Waals surface area contributed by atoms with Crippen molar-refractivity contribution in [2.45, 2.75) is 96.9 Å². The van der Waals surface area contributed by atoms with Crippen molar-refractivity contribution in [3.63, 3.8) is 0 Å². The van der Waals surface area contributed by atoms with E-state index >= 15 is 0 Å². The number of hydrogen-bond acceptors (Lipinski definition) is 3. The van der Waals surface area contributed by atoms with Crippen LogP contribution in [0.25, 0.3) is 0 Å². The average molecular weight is 440 g/mol. The number of unbranched alkanes of at least 4 members (excludes halogenated alkanes) is 1. The lowest BCUT2D eigenvalue weighted by Crippen LogP contribution is -2.60. The van der Waals surface area contributed by atoms with Crippen LogP contribution in [-0.2, 0) is 20.2 Å². The highest BCUT2D eigenvalue weighted by molar-refractivity contribution is 7.78. The number of nitrogens with one attached hydrogen (secondary N) is 1. The van der Waals surface area contributed by atoms with Crippen molar-refractivity contribution < 1.29 is 18.3 Å². The van der Waals surface area contributed by atoms with E-state index in [0.717, 1.165) is 31.6 Å². The summed E-state index contributed by atoms with van der Waals surface area (Å²) in [5, 5.41) is 8.75. The van der Waals surface area contributed by atoms with Crippen molar-refractivity contribution in [2.75, 3.05) is 6.61 Å². The van der Waals surface area contributed by atoms with E-state index in [1.54, 1.807) is 0 Å². The fourth-order valence-corrected chi connectivity index (χ4v) is 6.91. The largest absolute Gasteiger partial charge is 0.481 e. The molecule has 0 aliphatic heterocycles. The molecule has 6 heteroatoms. The molecule has 5 atom stereocenters. The van der Waals surface area contributed by atoms with Crippen LogP contribution in [0.1, 0.15) is 90.9 Å². The lowest BCUT2D eigenvalue weighted by atomic mass is 9.44. The highest BCUT2D eigenvalue weighted by atomic mass is 32.2. The highest BCUT2D eigenvalue weighted by Crippen LogP contribution is 2.62. The summed E-state index contributed by atoms with van der Waals surface area (Å²) in [5.74, 6) is 1.84. The van der Waals surface area contributed by atoms with Crippen LogP contribution < -0.4 is 4.72 Å². The summed E-state index contributed by atoms with van der Waals surface area (Å²) in [6, 6.07) is 0.237. The zero-order valence-corrected chi connectivity index (χ0v) is 19.6. The molecule has 4 aliphatic rings. The molecule has 4 aliphatic carbocycles. The van der Waals surface area contributed by atoms with E-state index in [4.69, 9.17) is 9.29 Å². The molecule has 0 saturated heterocycles. The Kier molecular flexibility index (Phi) is 8.96. The number of carboxylic acid groups (broad SMARTS) is 1. The Morgan fingerprint density at radius 3 is 2.67 bits per heavy atom. The molecular weight excluding hydrogens is 398 g/mol. The van der Waals surface area contributed by atoms with Gasteiger partial charge in [0.25, 0.3) is 0 Å². The Bertz CT molecular complexity index is 614. The number of fused-ring (bicyclic) bond motifs is 2. The van der Waals surface area contributed by atoms with Gasteiger partial charge in [-0.15, -0.1) is 0 Å². The van der Waals surface area contributed by atoms with E-state index in [9.17, 15) is 9.00 Å². The summed E-state index contributed by atoms with van der Waals surface area (Å²) in [6.07, 6.45) is 17.0. The molecule has 4 fully saturated rings. The fraction of sp³-hybridized carbons (Fsp3) is 0.875. The second-order valence-electron chi connectivity index (χ2n) is 10.3. The van der Waals surface area contributed by atoms with Crippen LogP contribution in [0.2, 0.25) is 0 Å². The average Bonchev–Trinajstić information content (AvgIpc) is 2.71. The number of hydrogen-bond donors (Lipinski definition) is 2. The van der Waals surface area contributed by atoms with Gasteiger partial charge in [0.2, 0.25) is 11.3 Å². The van der Waals surface area contributed by atoms with E-state index in [1.165, 1.54) is 38.5 Å². The first-order chi connectivity index (χ1) is 14.4. The molecule has 30 heavy (non-hydrogen) atoms. The molecule has 0 aromatic carbocycles. The third kappa shape index (κ3) is 6.39. The fourth-order valence-electron chi connectivity index (χ4n) is 6.07. The Hall–Kier alpha value is -0.720. The number of allylic oxidation sites excluding steroid dienone is 2. The Morgan fingerprint density at radius 1 is 1.20 bits per heavy atom. The lowest BCUT2D eigenvalue weighted by Gasteiger charge is -2.62. The molecule has 172 valence electrons. The van der Waals surface area contributed by atoms with Crippen LogP contribution >= 0.6 is 0 Å². The van der Waals surface area contributed by atoms with Crippen LogP contribution in [0.3, 0.4) is 0 Å². The number of rotatable bonds is 12. The molecule has 0 spiro atoms. The maximum atomic E-state index is 12.6. The van der Waals surface area contributed by atoms with Gasteiger partial charge in [0, 0.05) is 12.5 Å². The number of carbonyl (C=O) groups is 1. The molecule has 0 aromatic heterocycles. The van der Waals surface area contributed by atoms with Crippen LogP contribution in [0.4, 0.5) is 0 Å². The predicted molar refractivity (Wildman–Crippen MR) is 121 cm³/mol. The maximum Gasteiger partial charge on any atom is 0.303 e. The van der Waals surface area contributed by atoms with Crippen molar-refractivity contribution in [1.29, 1.82) is 0 Å². The molecule has 4 saturated carbocycles. The van der Waals surface area contributed by atoms with E-state index in [0.29, 0.717) is 36.2 Å². The summed E-state index contributed by atoms with van der Waals surface area (Å²) >= 11 is -1.42. The van der Waals surface area contributed by atoms with Crippen molar-refractivity contribution in [3.8, 4) is 0 Å². The van der Waals surface area contributed by atoms with E-state index in [1.807, 2.05) is 0 Å². The van der Waals surface area contributed by atoms with Gasteiger partial charge in [0.05, 0.1) is 6.61 Å².